The number of likely N-dealkylation sites (tertiary alicyclic amines) is 1. The molecular weight excluding hydrogens is 775 g/mol. The van der Waals surface area contributed by atoms with E-state index in [2.05, 4.69) is 41.7 Å². The van der Waals surface area contributed by atoms with Crippen LogP contribution in [-0.4, -0.2) is 95.5 Å². The van der Waals surface area contributed by atoms with Crippen LogP contribution < -0.4 is 16.4 Å². The smallest absolute Gasteiger partial charge is 0.255 e. The molecule has 7 heterocycles. The molecule has 4 aromatic heterocycles. The fraction of sp³-hybridized carbons (Fsp3) is 0.489. The Kier molecular flexibility index (Phi) is 10.5. The summed E-state index contributed by atoms with van der Waals surface area (Å²) in [6.45, 7) is 4.20. The summed E-state index contributed by atoms with van der Waals surface area (Å²) in [5, 5.41) is 15.7. The number of hydrogen-bond donors (Lipinski definition) is 3. The average molecular weight is 826 g/mol. The van der Waals surface area contributed by atoms with Crippen LogP contribution in [-0.2, 0) is 20.9 Å². The highest BCUT2D eigenvalue weighted by molar-refractivity contribution is 6.05. The summed E-state index contributed by atoms with van der Waals surface area (Å²) in [6.07, 6.45) is 13.6. The predicted molar refractivity (Wildman–Crippen MR) is 225 cm³/mol. The Morgan fingerprint density at radius 1 is 0.918 bits per heavy atom. The Morgan fingerprint density at radius 3 is 2.54 bits per heavy atom. The van der Waals surface area contributed by atoms with Crippen molar-refractivity contribution in [2.24, 2.45) is 5.92 Å². The van der Waals surface area contributed by atoms with Crippen LogP contribution in [0.25, 0.3) is 33.7 Å². The summed E-state index contributed by atoms with van der Waals surface area (Å²) >= 11 is 0. The Morgan fingerprint density at radius 2 is 1.75 bits per heavy atom. The number of fused-ring (bicyclic) bond motifs is 2. The molecule has 1 atom stereocenters. The van der Waals surface area contributed by atoms with Gasteiger partial charge in [-0.3, -0.25) is 29.5 Å². The molecule has 316 valence electrons. The van der Waals surface area contributed by atoms with Gasteiger partial charge in [-0.1, -0.05) is 36.2 Å². The summed E-state index contributed by atoms with van der Waals surface area (Å²) in [6, 6.07) is 11.4. The molecule has 2 saturated carbocycles. The lowest BCUT2D eigenvalue weighted by atomic mass is 9.79. The second-order valence-electron chi connectivity index (χ2n) is 17.5. The summed E-state index contributed by atoms with van der Waals surface area (Å²) in [7, 11) is 0. The predicted octanol–water partition coefficient (Wildman–Crippen LogP) is 5.27. The molecule has 16 nitrogen and oxygen atoms in total. The first-order valence-corrected chi connectivity index (χ1v) is 22.0. The number of piperidine rings is 2. The molecule has 4 amide bonds. The third kappa shape index (κ3) is 7.66. The molecule has 1 aromatic carbocycles. The molecule has 0 spiro atoms. The van der Waals surface area contributed by atoms with E-state index in [0.29, 0.717) is 78.0 Å². The number of benzene rings is 1. The first-order valence-electron chi connectivity index (χ1n) is 22.0. The summed E-state index contributed by atoms with van der Waals surface area (Å²) in [4.78, 5) is 68.2. The molecule has 4 N–H and O–H groups in total. The second kappa shape index (κ2) is 16.4. The van der Waals surface area contributed by atoms with Gasteiger partial charge in [-0.15, -0.1) is 0 Å². The lowest BCUT2D eigenvalue weighted by Crippen LogP contribution is -2.52. The number of nitrogen functional groups attached to an aromatic ring is 1. The standard InChI is InChI=1S/C45H51N11O5/c46-41-37-38(39-36(33-7-3-5-16-47-33)40(61-53-39)27-8-9-27)52-56(42(37)50-25-49-41)31-21-30(22-31)43(58)48-17-4-1-2-6-18-54-19-14-26(15-20-54)28-10-11-29-24-55(45(60)32(29)23-28)34-12-13-35(57)51-44(34)59/h3,5,7,10-11,16,23,25-27,30-31,34H,1-2,4,6,8-9,12-15,17-22,24H2,(H,48,58)(H2,46,49,50)(H,51,57,59). The summed E-state index contributed by atoms with van der Waals surface area (Å²) < 4.78 is 7.81. The van der Waals surface area contributed by atoms with Crippen molar-refractivity contribution in [3.8, 4) is 22.6 Å². The number of nitrogens with zero attached hydrogens (tertiary/aromatic N) is 8. The number of anilines is 1. The average Bonchev–Trinajstić information content (AvgIpc) is 3.76. The minimum Gasteiger partial charge on any atom is -0.383 e. The number of carbonyl (C=O) groups is 4. The zero-order valence-electron chi connectivity index (χ0n) is 34.2. The van der Waals surface area contributed by atoms with E-state index < -0.39 is 6.04 Å². The van der Waals surface area contributed by atoms with Crippen molar-refractivity contribution in [3.05, 3.63) is 71.4 Å². The van der Waals surface area contributed by atoms with E-state index in [0.717, 1.165) is 93.6 Å². The molecular formula is C45H51N11O5. The Balaban J connectivity index is 0.656. The number of imide groups is 1. The number of amides is 4. The van der Waals surface area contributed by atoms with Gasteiger partial charge in [-0.25, -0.2) is 14.6 Å². The van der Waals surface area contributed by atoms with Gasteiger partial charge < -0.3 is 25.4 Å². The maximum absolute atomic E-state index is 13.3. The molecule has 2 saturated heterocycles. The summed E-state index contributed by atoms with van der Waals surface area (Å²) in [5.41, 5.74) is 12.7. The number of unbranched alkanes of at least 4 members (excludes halogenated alkanes) is 3. The van der Waals surface area contributed by atoms with E-state index in [9.17, 15) is 19.2 Å². The van der Waals surface area contributed by atoms with Crippen molar-refractivity contribution in [1.29, 1.82) is 0 Å². The zero-order valence-corrected chi connectivity index (χ0v) is 34.2. The van der Waals surface area contributed by atoms with Crippen molar-refractivity contribution in [2.75, 3.05) is 31.9 Å². The van der Waals surface area contributed by atoms with E-state index in [1.165, 1.54) is 11.9 Å². The molecule has 5 aliphatic rings. The SMILES string of the molecule is Nc1ncnc2c1c(-c1noc(C3CC3)c1-c1ccccn1)nn2C1CC(C(=O)NCCCCCCN2CCC(c3ccc4c(c3)C(=O)N(C3CCC(=O)NC3=O)C4)CC2)C1. The minimum absolute atomic E-state index is 0.00472. The van der Waals surface area contributed by atoms with Crippen LogP contribution in [0, 0.1) is 5.92 Å². The number of aromatic nitrogens is 6. The van der Waals surface area contributed by atoms with Crippen LogP contribution in [0.5, 0.6) is 0 Å². The normalized spacial score (nSPS) is 22.1. The minimum atomic E-state index is -0.590. The molecule has 2 aliphatic carbocycles. The molecule has 0 bridgehead atoms. The van der Waals surface area contributed by atoms with Crippen molar-refractivity contribution < 1.29 is 23.7 Å². The van der Waals surface area contributed by atoms with Crippen molar-refractivity contribution in [3.63, 3.8) is 0 Å². The molecule has 10 rings (SSSR count). The van der Waals surface area contributed by atoms with Crippen molar-refractivity contribution in [2.45, 2.75) is 108 Å². The van der Waals surface area contributed by atoms with Gasteiger partial charge in [0.15, 0.2) is 5.65 Å². The third-order valence-corrected chi connectivity index (χ3v) is 13.5. The molecule has 4 fully saturated rings. The fourth-order valence-electron chi connectivity index (χ4n) is 9.75. The van der Waals surface area contributed by atoms with Crippen LogP contribution in [0.4, 0.5) is 5.82 Å². The number of pyridine rings is 1. The number of hydrogen-bond acceptors (Lipinski definition) is 12. The molecule has 16 heteroatoms. The topological polar surface area (TPSA) is 207 Å². The van der Waals surface area contributed by atoms with Gasteiger partial charge in [0.25, 0.3) is 5.91 Å². The number of nitrogens with two attached hydrogens (primary N) is 1. The number of rotatable bonds is 14. The van der Waals surface area contributed by atoms with Gasteiger partial charge in [0.1, 0.15) is 35.3 Å². The third-order valence-electron chi connectivity index (χ3n) is 13.5. The van der Waals surface area contributed by atoms with Gasteiger partial charge >= 0.3 is 0 Å². The van der Waals surface area contributed by atoms with E-state index in [1.807, 2.05) is 35.0 Å². The quantitative estimate of drug-likeness (QED) is 0.0967. The largest absolute Gasteiger partial charge is 0.383 e. The molecule has 0 radical (unpaired) electrons. The molecule has 3 aliphatic heterocycles. The lowest BCUT2D eigenvalue weighted by molar-refractivity contribution is -0.137. The lowest BCUT2D eigenvalue weighted by Gasteiger charge is -2.34. The number of nitrogens with one attached hydrogen (secondary N) is 2. The Labute approximate surface area is 353 Å². The second-order valence-corrected chi connectivity index (χ2v) is 17.5. The van der Waals surface area contributed by atoms with E-state index in [-0.39, 0.29) is 42.0 Å². The zero-order chi connectivity index (χ0) is 41.6. The summed E-state index contributed by atoms with van der Waals surface area (Å²) in [5.74, 6) is 1.10. The first kappa shape index (κ1) is 39.1. The van der Waals surface area contributed by atoms with Gasteiger partial charge in [0.2, 0.25) is 17.7 Å². The maximum atomic E-state index is 13.3. The highest BCUT2D eigenvalue weighted by atomic mass is 16.5. The molecule has 1 unspecified atom stereocenters. The van der Waals surface area contributed by atoms with E-state index >= 15 is 0 Å². The molecule has 61 heavy (non-hydrogen) atoms. The molecule has 5 aromatic rings. The highest BCUT2D eigenvalue weighted by Crippen LogP contribution is 2.49. The van der Waals surface area contributed by atoms with Crippen LogP contribution in [0.2, 0.25) is 0 Å². The van der Waals surface area contributed by atoms with Gasteiger partial charge in [-0.2, -0.15) is 5.10 Å². The van der Waals surface area contributed by atoms with Gasteiger partial charge in [0, 0.05) is 43.1 Å². The van der Waals surface area contributed by atoms with Crippen LogP contribution in [0.1, 0.15) is 122 Å². The Hall–Kier alpha value is -6.03. The fourth-order valence-corrected chi connectivity index (χ4v) is 9.75. The Bertz CT molecular complexity index is 2480. The van der Waals surface area contributed by atoms with Gasteiger partial charge in [-0.05, 0) is 113 Å². The van der Waals surface area contributed by atoms with E-state index in [1.54, 1.807) is 11.1 Å². The first-order chi connectivity index (χ1) is 29.8. The van der Waals surface area contributed by atoms with Crippen LogP contribution in [0.15, 0.2) is 53.4 Å². The highest BCUT2D eigenvalue weighted by Gasteiger charge is 2.41. The van der Waals surface area contributed by atoms with Crippen molar-refractivity contribution >= 4 is 40.5 Å². The van der Waals surface area contributed by atoms with Gasteiger partial charge in [0.05, 0.1) is 22.7 Å². The maximum Gasteiger partial charge on any atom is 0.255 e. The van der Waals surface area contributed by atoms with Crippen molar-refractivity contribution in [1.82, 2.24) is 50.3 Å². The van der Waals surface area contributed by atoms with E-state index in [4.69, 9.17) is 15.4 Å². The van der Waals surface area contributed by atoms with Crippen LogP contribution in [0.3, 0.4) is 0 Å². The number of carbonyl (C=O) groups excluding carboxylic acids is 4. The monoisotopic (exact) mass is 825 g/mol. The van der Waals surface area contributed by atoms with Crippen LogP contribution >= 0.6 is 0 Å².